The molecule has 0 spiro atoms. The number of rotatable bonds is 24. The Morgan fingerprint density at radius 2 is 0.725 bits per heavy atom. The summed E-state index contributed by atoms with van der Waals surface area (Å²) in [5.41, 5.74) is -2.41. The van der Waals surface area contributed by atoms with Crippen molar-refractivity contribution in [1.29, 1.82) is 0 Å². The Morgan fingerprint density at radius 3 is 0.925 bits per heavy atom. The molecule has 11 N–H and O–H groups in total. The molecule has 0 radical (unpaired) electrons. The molecule has 0 saturated heterocycles. The van der Waals surface area contributed by atoms with Crippen molar-refractivity contribution in [2.24, 2.45) is 5.41 Å². The smallest absolute Gasteiger partial charge is 0.334 e. The molecule has 0 aromatic carbocycles. The van der Waals surface area contributed by atoms with Gasteiger partial charge in [-0.2, -0.15) is 0 Å². The van der Waals surface area contributed by atoms with Gasteiger partial charge in [-0.1, -0.05) is 117 Å². The van der Waals surface area contributed by atoms with Crippen LogP contribution in [0.15, 0.2) is 0 Å². The van der Waals surface area contributed by atoms with E-state index in [1.54, 1.807) is 0 Å². The fourth-order valence-electron chi connectivity index (χ4n) is 4.41. The molecule has 0 unspecified atom stereocenters. The molecule has 0 aliphatic carbocycles. The van der Waals surface area contributed by atoms with Gasteiger partial charge in [0.1, 0.15) is 0 Å². The van der Waals surface area contributed by atoms with Gasteiger partial charge in [-0.05, 0) is 12.8 Å². The molecule has 0 rings (SSSR count). The fourth-order valence-corrected chi connectivity index (χ4v) is 4.94. The summed E-state index contributed by atoms with van der Waals surface area (Å²) in [5.74, 6) is 0. The van der Waals surface area contributed by atoms with E-state index >= 15 is 0 Å². The summed E-state index contributed by atoms with van der Waals surface area (Å²) >= 11 is 0. The maximum absolute atomic E-state index is 11.4. The lowest BCUT2D eigenvalue weighted by atomic mass is 9.68. The predicted molar refractivity (Wildman–Crippen MR) is 160 cm³/mol. The Bertz CT molecular complexity index is 465. The summed E-state index contributed by atoms with van der Waals surface area (Å²) in [6.07, 6.45) is 20.1. The van der Waals surface area contributed by atoms with Crippen molar-refractivity contribution in [2.45, 2.75) is 135 Å². The number of aliphatic hydroxyl groups is 4. The van der Waals surface area contributed by atoms with Crippen molar-refractivity contribution in [2.75, 3.05) is 19.8 Å². The van der Waals surface area contributed by atoms with Gasteiger partial charge < -0.3 is 54.7 Å². The molecule has 246 valence electrons. The zero-order chi connectivity index (χ0) is 31.3. The maximum atomic E-state index is 11.4. The second-order valence-electron chi connectivity index (χ2n) is 10.1. The van der Waals surface area contributed by atoms with Crippen LogP contribution in [0.25, 0.3) is 0 Å². The highest BCUT2D eigenvalue weighted by atomic mass is 31.2. The van der Waals surface area contributed by atoms with Crippen LogP contribution in [0.3, 0.4) is 0 Å². The van der Waals surface area contributed by atoms with E-state index in [1.165, 1.54) is 77.0 Å². The number of hydrogen-bond donors (Lipinski definition) is 11. The maximum Gasteiger partial charge on any atom is 0.334 e. The molecule has 0 aromatic rings. The van der Waals surface area contributed by atoms with Gasteiger partial charge in [0.05, 0.1) is 30.8 Å². The molecule has 15 heteroatoms. The molecule has 0 amide bonds. The average molecular weight is 645 g/mol. The van der Waals surface area contributed by atoms with Crippen LogP contribution < -0.4 is 0 Å². The van der Waals surface area contributed by atoms with Crippen molar-refractivity contribution in [3.63, 3.8) is 0 Å². The van der Waals surface area contributed by atoms with Crippen LogP contribution in [-0.2, 0) is 4.31 Å². The number of unbranched alkanes of at least 4 members (excludes halogenated alkanes) is 14. The van der Waals surface area contributed by atoms with E-state index in [9.17, 15) is 20.4 Å². The lowest BCUT2D eigenvalue weighted by Gasteiger charge is -2.44. The largest absolute Gasteiger partial charge is 0.395 e. The first-order valence-electron chi connectivity index (χ1n) is 14.4. The van der Waals surface area contributed by atoms with Crippen LogP contribution in [0.4, 0.5) is 0 Å². The van der Waals surface area contributed by atoms with Gasteiger partial charge in [0.25, 0.3) is 0 Å². The van der Waals surface area contributed by atoms with Crippen molar-refractivity contribution in [3.8, 4) is 0 Å². The molecular weight excluding hydrogens is 585 g/mol. The van der Waals surface area contributed by atoms with E-state index in [0.29, 0.717) is 12.8 Å². The highest BCUT2D eigenvalue weighted by Crippen LogP contribution is 2.42. The topological polar surface area (TPSA) is 232 Å². The third-order valence-electron chi connectivity index (χ3n) is 6.93. The van der Waals surface area contributed by atoms with E-state index in [-0.39, 0.29) is 19.8 Å². The highest BCUT2D eigenvalue weighted by molar-refractivity contribution is 7.53. The summed E-state index contributed by atoms with van der Waals surface area (Å²) in [4.78, 5) is 53.0. The van der Waals surface area contributed by atoms with Gasteiger partial charge >= 0.3 is 25.8 Å². The second kappa shape index (κ2) is 31.2. The summed E-state index contributed by atoms with van der Waals surface area (Å²) in [6, 6.07) is 0. The monoisotopic (exact) mass is 644 g/mol. The van der Waals surface area contributed by atoms with Crippen LogP contribution in [0.5, 0.6) is 0 Å². The Morgan fingerprint density at radius 1 is 0.475 bits per heavy atom. The van der Waals surface area contributed by atoms with Crippen molar-refractivity contribution >= 4 is 25.8 Å². The van der Waals surface area contributed by atoms with Crippen LogP contribution >= 0.6 is 25.8 Å². The summed E-state index contributed by atoms with van der Waals surface area (Å²) in [5, 5.41) is 41.0. The molecular formula is C25H59O12P3. The SMILES string of the molecule is CCCCCCCCCCC(O)(CCCCCCCCCC)C(CO)(CO)CO.OP(O)O.OP(O)OP(O)O. The molecule has 0 atom stereocenters. The first kappa shape index (κ1) is 45.2. The number of hydrogen-bond acceptors (Lipinski definition) is 12. The lowest BCUT2D eigenvalue weighted by Crippen LogP contribution is -2.55. The summed E-state index contributed by atoms with van der Waals surface area (Å²) in [6.45, 7) is 3.30. The second-order valence-corrected chi connectivity index (χ2v) is 12.3. The van der Waals surface area contributed by atoms with Crippen molar-refractivity contribution < 1.29 is 59.0 Å². The first-order chi connectivity index (χ1) is 18.9. The first-order valence-corrected chi connectivity index (χ1v) is 17.9. The Hall–Kier alpha value is 0.810. The van der Waals surface area contributed by atoms with Crippen molar-refractivity contribution in [1.82, 2.24) is 0 Å². The summed E-state index contributed by atoms with van der Waals surface area (Å²) in [7, 11) is -7.84. The molecule has 40 heavy (non-hydrogen) atoms. The van der Waals surface area contributed by atoms with Gasteiger partial charge in [0, 0.05) is 0 Å². The Labute approximate surface area is 245 Å². The zero-order valence-corrected chi connectivity index (χ0v) is 27.2. The molecule has 0 aromatic heterocycles. The summed E-state index contributed by atoms with van der Waals surface area (Å²) < 4.78 is 3.60. The van der Waals surface area contributed by atoms with E-state index < -0.39 is 36.8 Å². The fraction of sp³-hybridized carbons (Fsp3) is 1.00. The highest BCUT2D eigenvalue weighted by Gasteiger charge is 2.48. The van der Waals surface area contributed by atoms with Crippen LogP contribution in [0.2, 0.25) is 0 Å². The van der Waals surface area contributed by atoms with Gasteiger partial charge in [-0.15, -0.1) is 0 Å². The molecule has 0 bridgehead atoms. The van der Waals surface area contributed by atoms with Gasteiger partial charge in [0.2, 0.25) is 0 Å². The molecule has 0 heterocycles. The Balaban J connectivity index is -0.00000104. The quantitative estimate of drug-likeness (QED) is 0.0520. The van der Waals surface area contributed by atoms with E-state index in [4.69, 9.17) is 34.3 Å². The number of aliphatic hydroxyl groups excluding tert-OH is 3. The normalized spacial score (nSPS) is 12.0. The zero-order valence-electron chi connectivity index (χ0n) is 24.5. The molecule has 0 fully saturated rings. The molecule has 12 nitrogen and oxygen atoms in total. The minimum Gasteiger partial charge on any atom is -0.395 e. The van der Waals surface area contributed by atoms with Crippen LogP contribution in [0, 0.1) is 5.41 Å². The standard InChI is InChI=1S/C25H52O4.H4O5P2.H3O3P/c1-3-5-7-9-11-13-15-17-19-25(29,24(21-26,22-27)23-28)20-18-16-14-12-10-8-6-4-2;1-6(2)5-7(3)4;1-4(2)3/h26-29H,3-23H2,1-2H3;1-4H;1-3H. The van der Waals surface area contributed by atoms with Gasteiger partial charge in [-0.25, -0.2) is 4.31 Å². The third kappa shape index (κ3) is 27.6. The average Bonchev–Trinajstić information content (AvgIpc) is 2.88. The minimum atomic E-state index is -2.62. The van der Waals surface area contributed by atoms with Gasteiger partial charge in [0.15, 0.2) is 0 Å². The predicted octanol–water partition coefficient (Wildman–Crippen LogP) is 4.36. The van der Waals surface area contributed by atoms with E-state index in [1.807, 2.05) is 0 Å². The Kier molecular flexibility index (Phi) is 35.3. The lowest BCUT2D eigenvalue weighted by molar-refractivity contribution is -0.162. The molecule has 0 saturated carbocycles. The van der Waals surface area contributed by atoms with Crippen LogP contribution in [-0.4, -0.2) is 80.1 Å². The minimum absolute atomic E-state index is 0.384. The van der Waals surface area contributed by atoms with Crippen molar-refractivity contribution in [3.05, 3.63) is 0 Å². The van der Waals surface area contributed by atoms with E-state index in [0.717, 1.165) is 25.7 Å². The van der Waals surface area contributed by atoms with Crippen LogP contribution in [0.1, 0.15) is 129 Å². The molecule has 0 aliphatic rings. The molecule has 0 aliphatic heterocycles. The third-order valence-corrected chi connectivity index (χ3v) is 8.10. The van der Waals surface area contributed by atoms with E-state index in [2.05, 4.69) is 18.2 Å². The van der Waals surface area contributed by atoms with Gasteiger partial charge in [-0.3, -0.25) is 0 Å².